The maximum Gasteiger partial charge on any atom is 0.416 e. The van der Waals surface area contributed by atoms with Gasteiger partial charge in [-0.3, -0.25) is 9.59 Å². The van der Waals surface area contributed by atoms with Crippen LogP contribution in [0.1, 0.15) is 24.1 Å². The van der Waals surface area contributed by atoms with E-state index in [4.69, 9.17) is 11.6 Å². The Balaban J connectivity index is 2.19. The second-order valence-corrected chi connectivity index (χ2v) is 6.48. The Bertz CT molecular complexity index is 829. The highest BCUT2D eigenvalue weighted by molar-refractivity contribution is 6.33. The number of anilines is 1. The number of nitrogens with two attached hydrogens (primary N) is 1. The highest BCUT2D eigenvalue weighted by Crippen LogP contribution is 2.34. The molecule has 9 heteroatoms. The second-order valence-electron chi connectivity index (χ2n) is 6.08. The molecule has 0 aromatic heterocycles. The van der Waals surface area contributed by atoms with Crippen LogP contribution in [0, 0.1) is 0 Å². The first-order valence-electron chi connectivity index (χ1n) is 8.49. The van der Waals surface area contributed by atoms with Crippen molar-refractivity contribution in [2.24, 2.45) is 0 Å². The molecule has 0 heterocycles. The van der Waals surface area contributed by atoms with Crippen LogP contribution >= 0.6 is 11.6 Å². The molecule has 0 radical (unpaired) electrons. The fourth-order valence-corrected chi connectivity index (χ4v) is 2.73. The van der Waals surface area contributed by atoms with E-state index >= 15 is 0 Å². The molecule has 2 aromatic carbocycles. The predicted octanol–water partition coefficient (Wildman–Crippen LogP) is 2.74. The van der Waals surface area contributed by atoms with Gasteiger partial charge in [0, 0.05) is 12.5 Å². The van der Waals surface area contributed by atoms with Crippen LogP contribution in [0.25, 0.3) is 0 Å². The lowest BCUT2D eigenvalue weighted by molar-refractivity contribution is -0.680. The van der Waals surface area contributed by atoms with E-state index in [1.807, 2.05) is 0 Å². The van der Waals surface area contributed by atoms with Gasteiger partial charge in [0.15, 0.2) is 6.04 Å². The van der Waals surface area contributed by atoms with Crippen molar-refractivity contribution in [3.05, 3.63) is 64.7 Å². The summed E-state index contributed by atoms with van der Waals surface area (Å²) in [5.74, 6) is -0.708. The van der Waals surface area contributed by atoms with Crippen molar-refractivity contribution >= 4 is 29.1 Å². The van der Waals surface area contributed by atoms with Gasteiger partial charge < -0.3 is 16.0 Å². The zero-order valence-electron chi connectivity index (χ0n) is 15.0. The summed E-state index contributed by atoms with van der Waals surface area (Å²) in [6, 6.07) is 10.8. The van der Waals surface area contributed by atoms with Crippen molar-refractivity contribution in [3.8, 4) is 0 Å². The van der Waals surface area contributed by atoms with Gasteiger partial charge in [0.2, 0.25) is 5.91 Å². The van der Waals surface area contributed by atoms with Crippen LogP contribution in [0.2, 0.25) is 5.02 Å². The van der Waals surface area contributed by atoms with E-state index in [9.17, 15) is 22.8 Å². The minimum Gasteiger partial charge on any atom is -0.351 e. The van der Waals surface area contributed by atoms with E-state index < -0.39 is 23.7 Å². The van der Waals surface area contributed by atoms with Crippen molar-refractivity contribution in [2.45, 2.75) is 19.1 Å². The number of hydrogen-bond acceptors (Lipinski definition) is 2. The van der Waals surface area contributed by atoms with Crippen LogP contribution < -0.4 is 16.0 Å². The smallest absolute Gasteiger partial charge is 0.351 e. The van der Waals surface area contributed by atoms with Crippen molar-refractivity contribution in [1.82, 2.24) is 5.32 Å². The number of carbonyl (C=O) groups excluding carboxylic acids is 2. The van der Waals surface area contributed by atoms with Crippen LogP contribution in [0.4, 0.5) is 18.9 Å². The molecule has 2 aromatic rings. The standard InChI is InChI=1S/C19H19ClF3N3O2/c1-12(27)24-9-10-25-17(13-5-3-2-4-6-13)18(28)26-16-11-14(19(21,22)23)7-8-15(16)20/h2-8,11,17,25H,9-10H2,1H3,(H,24,27)(H,26,28)/p+1/t17-/m1/s1. The van der Waals surface area contributed by atoms with Crippen LogP contribution in [-0.4, -0.2) is 24.9 Å². The SMILES string of the molecule is CC(=O)NCC[NH2+][C@@H](C(=O)Nc1cc(C(F)(F)F)ccc1Cl)c1ccccc1. The quantitative estimate of drug-likeness (QED) is 0.609. The van der Waals surface area contributed by atoms with Crippen molar-refractivity contribution < 1.29 is 28.1 Å². The summed E-state index contributed by atoms with van der Waals surface area (Å²) in [6.45, 7) is 2.14. The average molecular weight is 415 g/mol. The lowest BCUT2D eigenvalue weighted by atomic mass is 10.1. The maximum atomic E-state index is 12.9. The highest BCUT2D eigenvalue weighted by atomic mass is 35.5. The molecule has 1 atom stereocenters. The Kier molecular flexibility index (Phi) is 7.42. The Labute approximate surface area is 165 Å². The van der Waals surface area contributed by atoms with Crippen molar-refractivity contribution in [2.75, 3.05) is 18.4 Å². The molecule has 0 aliphatic carbocycles. The Morgan fingerprint density at radius 3 is 2.43 bits per heavy atom. The van der Waals surface area contributed by atoms with Gasteiger partial charge in [0.25, 0.3) is 5.91 Å². The molecule has 4 N–H and O–H groups in total. The first-order valence-corrected chi connectivity index (χ1v) is 8.86. The molecule has 28 heavy (non-hydrogen) atoms. The van der Waals surface area contributed by atoms with Gasteiger partial charge in [-0.25, -0.2) is 0 Å². The summed E-state index contributed by atoms with van der Waals surface area (Å²) in [7, 11) is 0. The third-order valence-corrected chi connectivity index (χ3v) is 4.24. The van der Waals surface area contributed by atoms with Crippen molar-refractivity contribution in [3.63, 3.8) is 0 Å². The molecule has 0 aliphatic rings. The zero-order valence-corrected chi connectivity index (χ0v) is 15.8. The normalized spacial score (nSPS) is 12.3. The molecule has 0 saturated heterocycles. The van der Waals surface area contributed by atoms with Gasteiger partial charge in [0.05, 0.1) is 29.4 Å². The number of quaternary nitrogens is 1. The van der Waals surface area contributed by atoms with Gasteiger partial charge in [-0.05, 0) is 18.2 Å². The van der Waals surface area contributed by atoms with Crippen LogP contribution in [0.3, 0.4) is 0 Å². The average Bonchev–Trinajstić information content (AvgIpc) is 2.63. The number of nitrogens with one attached hydrogen (secondary N) is 2. The van der Waals surface area contributed by atoms with E-state index in [2.05, 4.69) is 10.6 Å². The molecular weight excluding hydrogens is 395 g/mol. The molecule has 150 valence electrons. The van der Waals surface area contributed by atoms with Gasteiger partial charge >= 0.3 is 6.18 Å². The van der Waals surface area contributed by atoms with E-state index in [0.29, 0.717) is 18.7 Å². The molecule has 5 nitrogen and oxygen atoms in total. The number of rotatable bonds is 7. The molecule has 0 unspecified atom stereocenters. The summed E-state index contributed by atoms with van der Waals surface area (Å²) >= 11 is 5.96. The van der Waals surface area contributed by atoms with Gasteiger partial charge in [-0.15, -0.1) is 0 Å². The summed E-state index contributed by atoms with van der Waals surface area (Å²) in [5, 5.41) is 6.81. The van der Waals surface area contributed by atoms with Crippen LogP contribution in [-0.2, 0) is 15.8 Å². The third kappa shape index (κ3) is 6.24. The predicted molar refractivity (Wildman–Crippen MR) is 99.7 cm³/mol. The van der Waals surface area contributed by atoms with Crippen molar-refractivity contribution in [1.29, 1.82) is 0 Å². The molecular formula is C19H20ClF3N3O2+. The highest BCUT2D eigenvalue weighted by Gasteiger charge is 2.32. The number of hydrogen-bond donors (Lipinski definition) is 3. The van der Waals surface area contributed by atoms with E-state index in [0.717, 1.165) is 18.2 Å². The monoisotopic (exact) mass is 414 g/mol. The molecule has 0 saturated carbocycles. The van der Waals surface area contributed by atoms with E-state index in [1.54, 1.807) is 35.6 Å². The first kappa shape index (κ1) is 21.7. The van der Waals surface area contributed by atoms with Gasteiger partial charge in [0.1, 0.15) is 0 Å². The lowest BCUT2D eigenvalue weighted by Crippen LogP contribution is -2.88. The summed E-state index contributed by atoms with van der Waals surface area (Å²) < 4.78 is 38.8. The number of halogens is 4. The number of alkyl halides is 3. The third-order valence-electron chi connectivity index (χ3n) is 3.91. The Morgan fingerprint density at radius 2 is 1.82 bits per heavy atom. The molecule has 2 amide bonds. The van der Waals surface area contributed by atoms with Crippen LogP contribution in [0.15, 0.2) is 48.5 Å². The Morgan fingerprint density at radius 1 is 1.14 bits per heavy atom. The maximum absolute atomic E-state index is 12.9. The molecule has 0 spiro atoms. The Hall–Kier alpha value is -2.58. The van der Waals surface area contributed by atoms with Gasteiger partial charge in [-0.2, -0.15) is 13.2 Å². The van der Waals surface area contributed by atoms with E-state index in [1.165, 1.54) is 6.92 Å². The molecule has 0 aliphatic heterocycles. The fourth-order valence-electron chi connectivity index (χ4n) is 2.56. The summed E-state index contributed by atoms with van der Waals surface area (Å²) in [6.07, 6.45) is -4.55. The number of benzene rings is 2. The lowest BCUT2D eigenvalue weighted by Gasteiger charge is -2.17. The fraction of sp³-hybridized carbons (Fsp3) is 0.263. The summed E-state index contributed by atoms with van der Waals surface area (Å²) in [5.41, 5.74) is -0.346. The molecule has 0 fully saturated rings. The van der Waals surface area contributed by atoms with Crippen LogP contribution in [0.5, 0.6) is 0 Å². The number of amides is 2. The molecule has 0 bridgehead atoms. The largest absolute Gasteiger partial charge is 0.416 e. The topological polar surface area (TPSA) is 74.8 Å². The zero-order chi connectivity index (χ0) is 20.7. The van der Waals surface area contributed by atoms with Gasteiger partial charge in [-0.1, -0.05) is 41.9 Å². The summed E-state index contributed by atoms with van der Waals surface area (Å²) in [4.78, 5) is 23.8. The molecule has 2 rings (SSSR count). The minimum atomic E-state index is -4.55. The minimum absolute atomic E-state index is 0.00593. The second kappa shape index (κ2) is 9.57. The number of carbonyl (C=O) groups is 2. The first-order chi connectivity index (χ1) is 13.2. The van der Waals surface area contributed by atoms with E-state index in [-0.39, 0.29) is 16.6 Å².